The van der Waals surface area contributed by atoms with E-state index in [1.165, 1.54) is 18.3 Å². The maximum atomic E-state index is 13.0. The first kappa shape index (κ1) is 23.4. The average molecular weight is 422 g/mol. The van der Waals surface area contributed by atoms with Crippen LogP contribution in [0, 0.1) is 12.8 Å². The molecule has 0 N–H and O–H groups in total. The molecule has 1 amide bonds. The highest BCUT2D eigenvalue weighted by atomic mass is 19.4. The van der Waals surface area contributed by atoms with E-state index >= 15 is 0 Å². The van der Waals surface area contributed by atoms with E-state index in [2.05, 4.69) is 11.7 Å². The molecule has 0 bridgehead atoms. The van der Waals surface area contributed by atoms with Crippen LogP contribution < -0.4 is 4.74 Å². The van der Waals surface area contributed by atoms with Gasteiger partial charge < -0.3 is 9.64 Å². The number of aliphatic imine (C=N–C) groups is 1. The maximum absolute atomic E-state index is 13.0. The molecule has 0 aliphatic carbocycles. The van der Waals surface area contributed by atoms with E-state index in [0.29, 0.717) is 11.1 Å². The molecule has 1 aliphatic heterocycles. The maximum Gasteiger partial charge on any atom is 0.422 e. The van der Waals surface area contributed by atoms with Gasteiger partial charge in [0.15, 0.2) is 12.4 Å². The lowest BCUT2D eigenvalue weighted by Gasteiger charge is -2.26. The molecule has 5 nitrogen and oxygen atoms in total. The molecule has 1 unspecified atom stereocenters. The third-order valence-electron chi connectivity index (χ3n) is 4.85. The van der Waals surface area contributed by atoms with Crippen molar-refractivity contribution in [3.8, 4) is 5.75 Å². The second kappa shape index (κ2) is 9.28. The van der Waals surface area contributed by atoms with Crippen LogP contribution in [0.2, 0.25) is 0 Å². The number of hydrogen-bond acceptors (Lipinski definition) is 4. The predicted octanol–water partition coefficient (Wildman–Crippen LogP) is 4.58. The van der Waals surface area contributed by atoms with Gasteiger partial charge in [-0.25, -0.2) is 0 Å². The zero-order chi connectivity index (χ0) is 22.6. The molecule has 0 saturated heterocycles. The van der Waals surface area contributed by atoms with Crippen molar-refractivity contribution < 1.29 is 27.5 Å². The normalized spacial score (nSPS) is 16.0. The predicted molar refractivity (Wildman–Crippen MR) is 108 cm³/mol. The first-order valence-corrected chi connectivity index (χ1v) is 9.47. The van der Waals surface area contributed by atoms with Crippen LogP contribution in [0.3, 0.4) is 0 Å². The van der Waals surface area contributed by atoms with Crippen LogP contribution in [-0.2, 0) is 9.59 Å². The summed E-state index contributed by atoms with van der Waals surface area (Å²) in [4.78, 5) is 30.8. The van der Waals surface area contributed by atoms with E-state index in [1.807, 2.05) is 0 Å². The van der Waals surface area contributed by atoms with Crippen molar-refractivity contribution in [2.24, 2.45) is 10.9 Å². The van der Waals surface area contributed by atoms with Gasteiger partial charge >= 0.3 is 6.18 Å². The number of alkyl halides is 3. The monoisotopic (exact) mass is 422 g/mol. The number of benzene rings is 1. The molecule has 162 valence electrons. The molecule has 0 saturated carbocycles. The van der Waals surface area contributed by atoms with E-state index in [0.717, 1.165) is 5.56 Å². The number of carbonyl (C=O) groups excluding carboxylic acids is 2. The van der Waals surface area contributed by atoms with E-state index in [-0.39, 0.29) is 35.5 Å². The highest BCUT2D eigenvalue weighted by Crippen LogP contribution is 2.33. The number of aryl methyl sites for hydroxylation is 1. The van der Waals surface area contributed by atoms with Crippen LogP contribution in [0.15, 0.2) is 46.6 Å². The van der Waals surface area contributed by atoms with Gasteiger partial charge in [0.25, 0.3) is 5.91 Å². The number of halogens is 3. The number of Topliss-reactive ketones (excluding diaryl/α,β-unsaturated/α-hetero) is 1. The Kier molecular flexibility index (Phi) is 7.23. The molecule has 1 heterocycles. The minimum absolute atomic E-state index is 0.117. The Hall–Kier alpha value is -2.90. The van der Waals surface area contributed by atoms with Crippen molar-refractivity contribution in [1.29, 1.82) is 0 Å². The Labute approximate surface area is 173 Å². The summed E-state index contributed by atoms with van der Waals surface area (Å²) < 4.78 is 42.0. The molecule has 1 aliphatic rings. The number of nitrogens with zero attached hydrogens (tertiary/aromatic N) is 2. The summed E-state index contributed by atoms with van der Waals surface area (Å²) in [6.07, 6.45) is -1.57. The van der Waals surface area contributed by atoms with E-state index in [1.54, 1.807) is 44.7 Å². The second-order valence-corrected chi connectivity index (χ2v) is 7.45. The molecular weight excluding hydrogens is 397 g/mol. The van der Waals surface area contributed by atoms with Crippen molar-refractivity contribution >= 4 is 18.4 Å². The van der Waals surface area contributed by atoms with Crippen LogP contribution in [0.25, 0.3) is 0 Å². The van der Waals surface area contributed by atoms with Crippen LogP contribution in [0.1, 0.15) is 37.9 Å². The van der Waals surface area contributed by atoms with Crippen molar-refractivity contribution in [2.75, 3.05) is 13.2 Å². The molecule has 1 aromatic carbocycles. The Morgan fingerprint density at radius 1 is 1.33 bits per heavy atom. The van der Waals surface area contributed by atoms with Gasteiger partial charge in [-0.05, 0) is 43.8 Å². The van der Waals surface area contributed by atoms with E-state index < -0.39 is 18.8 Å². The van der Waals surface area contributed by atoms with Gasteiger partial charge in [0, 0.05) is 23.3 Å². The Morgan fingerprint density at radius 2 is 2.00 bits per heavy atom. The summed E-state index contributed by atoms with van der Waals surface area (Å²) in [7, 11) is 0. The lowest BCUT2D eigenvalue weighted by atomic mass is 9.98. The lowest BCUT2D eigenvalue weighted by molar-refractivity contribution is -0.153. The highest BCUT2D eigenvalue weighted by molar-refractivity contribution is 6.11. The Morgan fingerprint density at radius 3 is 2.53 bits per heavy atom. The van der Waals surface area contributed by atoms with Gasteiger partial charge in [0.05, 0.1) is 12.6 Å². The van der Waals surface area contributed by atoms with Crippen LogP contribution in [0.4, 0.5) is 13.2 Å². The minimum atomic E-state index is -4.42. The zero-order valence-corrected chi connectivity index (χ0v) is 17.4. The van der Waals surface area contributed by atoms with Crippen LogP contribution in [-0.4, -0.2) is 42.6 Å². The Bertz CT molecular complexity index is 901. The third kappa shape index (κ3) is 5.37. The largest absolute Gasteiger partial charge is 0.484 e. The van der Waals surface area contributed by atoms with Gasteiger partial charge in [0.1, 0.15) is 5.75 Å². The molecular formula is C22H25F3N2O3. The van der Waals surface area contributed by atoms with Gasteiger partial charge in [0.2, 0.25) is 0 Å². The van der Waals surface area contributed by atoms with E-state index in [4.69, 9.17) is 4.74 Å². The zero-order valence-electron chi connectivity index (χ0n) is 17.4. The number of hydrogen-bond donors (Lipinski definition) is 0. The van der Waals surface area contributed by atoms with E-state index in [9.17, 15) is 22.8 Å². The van der Waals surface area contributed by atoms with Crippen LogP contribution in [0.5, 0.6) is 5.75 Å². The SMILES string of the molecule is C=N/C=C\C1=C(C(=O)C(C)C)CN(C(C)c2ccc(OCC(F)(F)F)c(C)c2)C1=O. The topological polar surface area (TPSA) is 59.0 Å². The number of carbonyl (C=O) groups is 2. The fourth-order valence-electron chi connectivity index (χ4n) is 3.22. The molecule has 1 aromatic rings. The number of ketones is 1. The number of rotatable bonds is 8. The lowest BCUT2D eigenvalue weighted by Crippen LogP contribution is -2.31. The summed E-state index contributed by atoms with van der Waals surface area (Å²) >= 11 is 0. The fraction of sp³-hybridized carbons (Fsp3) is 0.409. The first-order chi connectivity index (χ1) is 14.0. The van der Waals surface area contributed by atoms with Gasteiger partial charge in [-0.3, -0.25) is 14.6 Å². The quantitative estimate of drug-likeness (QED) is 0.577. The molecule has 0 radical (unpaired) electrons. The standard InChI is InChI=1S/C22H25F3N2O3/c1-13(2)20(28)18-11-27(21(29)17(18)8-9-26-5)15(4)16-6-7-19(14(3)10-16)30-12-22(23,24)25/h6-10,13,15H,5,11-12H2,1-4H3/b9-8-. The number of ether oxygens (including phenoxy) is 1. The van der Waals surface area contributed by atoms with Crippen molar-refractivity contribution in [2.45, 2.75) is 39.9 Å². The van der Waals surface area contributed by atoms with Crippen molar-refractivity contribution in [1.82, 2.24) is 4.90 Å². The fourth-order valence-corrected chi connectivity index (χ4v) is 3.22. The molecule has 0 fully saturated rings. The molecule has 30 heavy (non-hydrogen) atoms. The first-order valence-electron chi connectivity index (χ1n) is 9.47. The molecule has 1 atom stereocenters. The highest BCUT2D eigenvalue weighted by Gasteiger charge is 2.36. The summed E-state index contributed by atoms with van der Waals surface area (Å²) in [5.41, 5.74) is 1.96. The number of amides is 1. The minimum Gasteiger partial charge on any atom is -0.484 e. The molecule has 0 aromatic heterocycles. The van der Waals surface area contributed by atoms with Crippen LogP contribution >= 0.6 is 0 Å². The van der Waals surface area contributed by atoms with Gasteiger partial charge in [-0.15, -0.1) is 0 Å². The summed E-state index contributed by atoms with van der Waals surface area (Å²) in [5.74, 6) is -0.559. The summed E-state index contributed by atoms with van der Waals surface area (Å²) in [6.45, 7) is 9.11. The molecule has 0 spiro atoms. The summed E-state index contributed by atoms with van der Waals surface area (Å²) in [5, 5.41) is 0. The summed E-state index contributed by atoms with van der Waals surface area (Å²) in [6, 6.07) is 4.38. The second-order valence-electron chi connectivity index (χ2n) is 7.45. The Balaban J connectivity index is 2.27. The third-order valence-corrected chi connectivity index (χ3v) is 4.85. The molecule has 8 heteroatoms. The molecule has 2 rings (SSSR count). The van der Waals surface area contributed by atoms with Gasteiger partial charge in [-0.2, -0.15) is 13.2 Å². The van der Waals surface area contributed by atoms with Crippen molar-refractivity contribution in [3.05, 3.63) is 52.7 Å². The van der Waals surface area contributed by atoms with Gasteiger partial charge in [-0.1, -0.05) is 26.0 Å². The van der Waals surface area contributed by atoms with Crippen molar-refractivity contribution in [3.63, 3.8) is 0 Å². The smallest absolute Gasteiger partial charge is 0.422 e. The average Bonchev–Trinajstić information content (AvgIpc) is 2.99.